The molecule has 7 heteroatoms. The van der Waals surface area contributed by atoms with E-state index in [4.69, 9.17) is 22.1 Å². The lowest BCUT2D eigenvalue weighted by atomic mass is 9.93. The summed E-state index contributed by atoms with van der Waals surface area (Å²) in [6.07, 6.45) is 0.0708. The Morgan fingerprint density at radius 2 is 1.95 bits per heavy atom. The molecule has 0 atom stereocenters. The Labute approximate surface area is 121 Å². The number of carbonyl (C=O) groups excluding carboxylic acids is 2. The fourth-order valence-corrected chi connectivity index (χ4v) is 2.10. The van der Waals surface area contributed by atoms with Crippen LogP contribution in [0, 0.1) is 0 Å². The number of halogens is 1. The quantitative estimate of drug-likeness (QED) is 0.750. The van der Waals surface area contributed by atoms with Crippen LogP contribution in [0.1, 0.15) is 12.0 Å². The van der Waals surface area contributed by atoms with E-state index in [9.17, 15) is 9.59 Å². The van der Waals surface area contributed by atoms with Gasteiger partial charge in [-0.2, -0.15) is 0 Å². The highest BCUT2D eigenvalue weighted by molar-refractivity contribution is 6.30. The molecule has 0 spiro atoms. The van der Waals surface area contributed by atoms with E-state index >= 15 is 0 Å². The van der Waals surface area contributed by atoms with Crippen LogP contribution in [-0.2, 0) is 16.1 Å². The average Bonchev–Trinajstić information content (AvgIpc) is 2.35. The minimum atomic E-state index is -0.671. The van der Waals surface area contributed by atoms with Crippen molar-refractivity contribution in [3.05, 3.63) is 34.9 Å². The average molecular weight is 298 g/mol. The van der Waals surface area contributed by atoms with Crippen LogP contribution in [0.2, 0.25) is 5.02 Å². The van der Waals surface area contributed by atoms with Gasteiger partial charge in [0.15, 0.2) is 0 Å². The highest BCUT2D eigenvalue weighted by Gasteiger charge is 2.41. The molecule has 108 valence electrons. The highest BCUT2D eigenvalue weighted by atomic mass is 35.5. The summed E-state index contributed by atoms with van der Waals surface area (Å²) in [6.45, 7) is 0.963. The summed E-state index contributed by atoms with van der Waals surface area (Å²) >= 11 is 5.78. The van der Waals surface area contributed by atoms with Crippen LogP contribution >= 0.6 is 11.6 Å². The number of hydrogen-bond donors (Lipinski definition) is 3. The molecule has 3 amide bonds. The third-order valence-corrected chi connectivity index (χ3v) is 3.27. The van der Waals surface area contributed by atoms with Crippen LogP contribution in [0.5, 0.6) is 0 Å². The smallest absolute Gasteiger partial charge is 0.315 e. The first-order valence-corrected chi connectivity index (χ1v) is 6.53. The third-order valence-electron chi connectivity index (χ3n) is 3.01. The van der Waals surface area contributed by atoms with Crippen molar-refractivity contribution in [2.75, 3.05) is 13.2 Å². The molecule has 4 N–H and O–H groups in total. The molecule has 20 heavy (non-hydrogen) atoms. The van der Waals surface area contributed by atoms with Crippen molar-refractivity contribution < 1.29 is 14.3 Å². The fourth-order valence-electron chi connectivity index (χ4n) is 1.97. The second kappa shape index (κ2) is 6.11. The Hall–Kier alpha value is -1.79. The maximum absolute atomic E-state index is 11.8. The lowest BCUT2D eigenvalue weighted by Crippen LogP contribution is -2.65. The molecule has 1 aliphatic heterocycles. The number of nitrogens with two attached hydrogens (primary N) is 1. The minimum Gasteiger partial charge on any atom is -0.376 e. The van der Waals surface area contributed by atoms with Crippen LogP contribution in [0.15, 0.2) is 24.3 Å². The van der Waals surface area contributed by atoms with Crippen molar-refractivity contribution in [2.24, 2.45) is 5.73 Å². The summed E-state index contributed by atoms with van der Waals surface area (Å²) in [7, 11) is 0. The predicted molar refractivity (Wildman–Crippen MR) is 74.2 cm³/mol. The maximum atomic E-state index is 11.8. The van der Waals surface area contributed by atoms with Gasteiger partial charge >= 0.3 is 6.03 Å². The zero-order chi connectivity index (χ0) is 14.6. The van der Waals surface area contributed by atoms with Gasteiger partial charge < -0.3 is 21.1 Å². The van der Waals surface area contributed by atoms with Gasteiger partial charge in [-0.3, -0.25) is 4.79 Å². The monoisotopic (exact) mass is 297 g/mol. The lowest BCUT2D eigenvalue weighted by Gasteiger charge is -2.41. The molecular formula is C13H16ClN3O3. The number of nitrogens with one attached hydrogen (secondary N) is 2. The fraction of sp³-hybridized carbons (Fsp3) is 0.385. The van der Waals surface area contributed by atoms with Gasteiger partial charge in [0.05, 0.1) is 25.2 Å². The standard InChI is InChI=1S/C13H16ClN3O3/c14-10-3-1-9(2-4-10)6-16-12(19)17-13(5-11(15)18)7-20-8-13/h1-4H,5-8H2,(H2,15,18)(H2,16,17,19). The SMILES string of the molecule is NC(=O)CC1(NC(=O)NCc2ccc(Cl)cc2)COC1. The van der Waals surface area contributed by atoms with Crippen molar-refractivity contribution in [2.45, 2.75) is 18.5 Å². The predicted octanol–water partition coefficient (Wildman–Crippen LogP) is 0.784. The van der Waals surface area contributed by atoms with Gasteiger partial charge in [0.1, 0.15) is 0 Å². The van der Waals surface area contributed by atoms with Crippen LogP contribution in [0.25, 0.3) is 0 Å². The number of primary amides is 1. The van der Waals surface area contributed by atoms with E-state index < -0.39 is 11.4 Å². The highest BCUT2D eigenvalue weighted by Crippen LogP contribution is 2.20. The summed E-state index contributed by atoms with van der Waals surface area (Å²) in [5.74, 6) is -0.466. The van der Waals surface area contributed by atoms with E-state index in [2.05, 4.69) is 10.6 Å². The summed E-state index contributed by atoms with van der Waals surface area (Å²) in [6, 6.07) is 6.81. The molecule has 0 saturated carbocycles. The van der Waals surface area contributed by atoms with E-state index in [1.165, 1.54) is 0 Å². The normalized spacial score (nSPS) is 16.1. The molecule has 1 heterocycles. The second-order valence-corrected chi connectivity index (χ2v) is 5.29. The van der Waals surface area contributed by atoms with Crippen molar-refractivity contribution in [1.82, 2.24) is 10.6 Å². The Bertz CT molecular complexity index is 500. The number of ether oxygens (including phenoxy) is 1. The molecule has 0 radical (unpaired) electrons. The maximum Gasteiger partial charge on any atom is 0.315 e. The van der Waals surface area contributed by atoms with Gasteiger partial charge in [-0.05, 0) is 17.7 Å². The lowest BCUT2D eigenvalue weighted by molar-refractivity contribution is -0.127. The third kappa shape index (κ3) is 3.85. The molecular weight excluding hydrogens is 282 g/mol. The van der Waals surface area contributed by atoms with Crippen LogP contribution in [0.4, 0.5) is 4.79 Å². The Kier molecular flexibility index (Phi) is 4.46. The van der Waals surface area contributed by atoms with Gasteiger partial charge in [-0.1, -0.05) is 23.7 Å². The number of urea groups is 1. The molecule has 1 aromatic carbocycles. The summed E-state index contributed by atoms with van der Waals surface area (Å²) in [5, 5.41) is 6.10. The molecule has 1 aromatic rings. The second-order valence-electron chi connectivity index (χ2n) is 4.85. The molecule has 0 aromatic heterocycles. The number of rotatable bonds is 5. The Balaban J connectivity index is 1.83. The van der Waals surface area contributed by atoms with E-state index in [1.807, 2.05) is 12.1 Å². The Morgan fingerprint density at radius 3 is 2.45 bits per heavy atom. The van der Waals surface area contributed by atoms with Gasteiger partial charge in [-0.15, -0.1) is 0 Å². The molecule has 1 aliphatic rings. The van der Waals surface area contributed by atoms with Crippen LogP contribution in [-0.4, -0.2) is 30.7 Å². The summed E-state index contributed by atoms with van der Waals surface area (Å²) in [5.41, 5.74) is 5.42. The first-order valence-electron chi connectivity index (χ1n) is 6.16. The van der Waals surface area contributed by atoms with Crippen molar-refractivity contribution in [3.63, 3.8) is 0 Å². The first-order chi connectivity index (χ1) is 9.49. The number of benzene rings is 1. The molecule has 2 rings (SSSR count). The van der Waals surface area contributed by atoms with E-state index in [0.717, 1.165) is 5.56 Å². The molecule has 0 unspecified atom stereocenters. The number of carbonyl (C=O) groups is 2. The number of amides is 3. The van der Waals surface area contributed by atoms with Crippen LogP contribution < -0.4 is 16.4 Å². The van der Waals surface area contributed by atoms with E-state index in [1.54, 1.807) is 12.1 Å². The van der Waals surface area contributed by atoms with Gasteiger partial charge in [0.25, 0.3) is 0 Å². The summed E-state index contributed by atoms with van der Waals surface area (Å²) in [4.78, 5) is 22.8. The first kappa shape index (κ1) is 14.6. The van der Waals surface area contributed by atoms with Gasteiger partial charge in [0, 0.05) is 11.6 Å². The van der Waals surface area contributed by atoms with E-state index in [0.29, 0.717) is 24.8 Å². The molecule has 1 saturated heterocycles. The van der Waals surface area contributed by atoms with Crippen molar-refractivity contribution in [1.29, 1.82) is 0 Å². The van der Waals surface area contributed by atoms with Crippen molar-refractivity contribution >= 4 is 23.5 Å². The zero-order valence-corrected chi connectivity index (χ0v) is 11.6. The Morgan fingerprint density at radius 1 is 1.30 bits per heavy atom. The number of hydrogen-bond acceptors (Lipinski definition) is 3. The zero-order valence-electron chi connectivity index (χ0n) is 10.8. The van der Waals surface area contributed by atoms with Crippen LogP contribution in [0.3, 0.4) is 0 Å². The molecule has 0 bridgehead atoms. The van der Waals surface area contributed by atoms with Gasteiger partial charge in [0.2, 0.25) is 5.91 Å². The molecule has 0 aliphatic carbocycles. The molecule has 6 nitrogen and oxygen atoms in total. The van der Waals surface area contributed by atoms with E-state index in [-0.39, 0.29) is 12.5 Å². The van der Waals surface area contributed by atoms with Crippen molar-refractivity contribution in [3.8, 4) is 0 Å². The topological polar surface area (TPSA) is 93.5 Å². The molecule has 1 fully saturated rings. The largest absolute Gasteiger partial charge is 0.376 e. The van der Waals surface area contributed by atoms with Gasteiger partial charge in [-0.25, -0.2) is 4.79 Å². The minimum absolute atomic E-state index is 0.0708. The summed E-state index contributed by atoms with van der Waals surface area (Å²) < 4.78 is 5.05.